The van der Waals surface area contributed by atoms with Gasteiger partial charge in [0.2, 0.25) is 5.91 Å². The Balaban J connectivity index is 1.53. The normalized spacial score (nSPS) is 15.0. The first-order valence-corrected chi connectivity index (χ1v) is 8.64. The van der Waals surface area contributed by atoms with Crippen LogP contribution in [0.15, 0.2) is 60.0 Å². The third kappa shape index (κ3) is 2.71. The van der Waals surface area contributed by atoms with Crippen LogP contribution in [0.2, 0.25) is 0 Å². The Morgan fingerprint density at radius 1 is 1.12 bits per heavy atom. The number of hydrogen-bond donors (Lipinski definition) is 1. The molecule has 0 spiro atoms. The highest BCUT2D eigenvalue weighted by atomic mass is 32.1. The molecule has 1 aromatic heterocycles. The summed E-state index contributed by atoms with van der Waals surface area (Å²) in [5.41, 5.74) is 1.99. The average Bonchev–Trinajstić information content (AvgIpc) is 3.29. The number of nitrogens with one attached hydrogen (secondary N) is 1. The molecule has 0 bridgehead atoms. The van der Waals surface area contributed by atoms with E-state index in [4.69, 9.17) is 0 Å². The molecule has 120 valence electrons. The van der Waals surface area contributed by atoms with Crippen LogP contribution in [0.4, 0.5) is 9.52 Å². The van der Waals surface area contributed by atoms with Gasteiger partial charge in [-0.3, -0.25) is 4.79 Å². The van der Waals surface area contributed by atoms with Crippen LogP contribution in [0.25, 0.3) is 11.3 Å². The molecule has 0 aliphatic heterocycles. The summed E-state index contributed by atoms with van der Waals surface area (Å²) in [5.74, 6) is -0.319. The Morgan fingerprint density at radius 2 is 1.92 bits per heavy atom. The van der Waals surface area contributed by atoms with E-state index >= 15 is 0 Å². The topological polar surface area (TPSA) is 42.0 Å². The van der Waals surface area contributed by atoms with E-state index in [1.807, 2.05) is 35.7 Å². The fraction of sp³-hybridized carbons (Fsp3) is 0.158. The van der Waals surface area contributed by atoms with E-state index in [1.54, 1.807) is 12.1 Å². The summed E-state index contributed by atoms with van der Waals surface area (Å²) in [7, 11) is 0. The SMILES string of the molecule is O=C(Nc1nc(-c2cccc(F)c2)cs1)C1(c2ccccc2)CC1. The van der Waals surface area contributed by atoms with Crippen molar-refractivity contribution in [1.82, 2.24) is 4.98 Å². The summed E-state index contributed by atoms with van der Waals surface area (Å²) in [6.07, 6.45) is 1.70. The van der Waals surface area contributed by atoms with Crippen LogP contribution in [0.1, 0.15) is 18.4 Å². The molecule has 0 atom stereocenters. The molecule has 5 heteroatoms. The Bertz CT molecular complexity index is 887. The molecule has 1 N–H and O–H groups in total. The third-order valence-corrected chi connectivity index (χ3v) is 5.11. The lowest BCUT2D eigenvalue weighted by atomic mass is 9.95. The van der Waals surface area contributed by atoms with Crippen LogP contribution in [0, 0.1) is 5.82 Å². The van der Waals surface area contributed by atoms with E-state index in [1.165, 1.54) is 23.5 Å². The van der Waals surface area contributed by atoms with E-state index in [0.29, 0.717) is 16.4 Å². The summed E-state index contributed by atoms with van der Waals surface area (Å²) >= 11 is 1.35. The number of hydrogen-bond acceptors (Lipinski definition) is 3. The van der Waals surface area contributed by atoms with Crippen molar-refractivity contribution in [1.29, 1.82) is 0 Å². The van der Waals surface area contributed by atoms with E-state index in [9.17, 15) is 9.18 Å². The molecule has 0 radical (unpaired) electrons. The maximum atomic E-state index is 13.3. The van der Waals surface area contributed by atoms with E-state index < -0.39 is 5.41 Å². The summed E-state index contributed by atoms with van der Waals surface area (Å²) in [5, 5.41) is 5.29. The molecule has 1 amide bonds. The van der Waals surface area contributed by atoms with Crippen molar-refractivity contribution in [2.75, 3.05) is 5.32 Å². The number of anilines is 1. The van der Waals surface area contributed by atoms with E-state index in [0.717, 1.165) is 18.4 Å². The van der Waals surface area contributed by atoms with Crippen molar-refractivity contribution in [2.24, 2.45) is 0 Å². The largest absolute Gasteiger partial charge is 0.301 e. The molecule has 24 heavy (non-hydrogen) atoms. The minimum atomic E-state index is -0.425. The molecule has 1 aliphatic rings. The number of nitrogens with zero attached hydrogens (tertiary/aromatic N) is 1. The second-order valence-electron chi connectivity index (χ2n) is 5.95. The van der Waals surface area contributed by atoms with Gasteiger partial charge in [-0.2, -0.15) is 0 Å². The quantitative estimate of drug-likeness (QED) is 0.754. The molecular weight excluding hydrogens is 323 g/mol. The highest BCUT2D eigenvalue weighted by Crippen LogP contribution is 2.49. The fourth-order valence-corrected chi connectivity index (χ4v) is 3.57. The van der Waals surface area contributed by atoms with Gasteiger partial charge in [-0.1, -0.05) is 42.5 Å². The van der Waals surface area contributed by atoms with Gasteiger partial charge in [0.05, 0.1) is 11.1 Å². The molecule has 4 rings (SSSR count). The Kier molecular flexibility index (Phi) is 3.65. The molecule has 0 saturated heterocycles. The second-order valence-corrected chi connectivity index (χ2v) is 6.81. The molecule has 2 aromatic carbocycles. The first-order valence-electron chi connectivity index (χ1n) is 7.76. The number of benzene rings is 2. The first-order chi connectivity index (χ1) is 11.7. The zero-order chi connectivity index (χ0) is 16.6. The summed E-state index contributed by atoms with van der Waals surface area (Å²) in [4.78, 5) is 17.1. The predicted octanol–water partition coefficient (Wildman–Crippen LogP) is 4.62. The van der Waals surface area contributed by atoms with Gasteiger partial charge in [0.15, 0.2) is 5.13 Å². The molecule has 1 fully saturated rings. The second kappa shape index (κ2) is 5.83. The predicted molar refractivity (Wildman–Crippen MR) is 93.5 cm³/mol. The Morgan fingerprint density at radius 3 is 2.62 bits per heavy atom. The molecule has 1 saturated carbocycles. The Labute approximate surface area is 143 Å². The van der Waals surface area contributed by atoms with Gasteiger partial charge in [0.1, 0.15) is 5.82 Å². The number of carbonyl (C=O) groups excluding carboxylic acids is 1. The van der Waals surface area contributed by atoms with Crippen LogP contribution in [0.5, 0.6) is 0 Å². The van der Waals surface area contributed by atoms with Crippen molar-refractivity contribution >= 4 is 22.4 Å². The van der Waals surface area contributed by atoms with Crippen molar-refractivity contribution in [3.8, 4) is 11.3 Å². The van der Waals surface area contributed by atoms with E-state index in [2.05, 4.69) is 10.3 Å². The maximum absolute atomic E-state index is 13.3. The van der Waals surface area contributed by atoms with Gasteiger partial charge < -0.3 is 5.32 Å². The zero-order valence-electron chi connectivity index (χ0n) is 12.8. The van der Waals surface area contributed by atoms with Gasteiger partial charge >= 0.3 is 0 Å². The number of carbonyl (C=O) groups is 1. The molecule has 1 heterocycles. The van der Waals surface area contributed by atoms with Crippen LogP contribution in [-0.2, 0) is 10.2 Å². The minimum absolute atomic E-state index is 0.0196. The van der Waals surface area contributed by atoms with Crippen LogP contribution >= 0.6 is 11.3 Å². The summed E-state index contributed by atoms with van der Waals surface area (Å²) in [6.45, 7) is 0. The summed E-state index contributed by atoms with van der Waals surface area (Å²) < 4.78 is 13.3. The molecule has 0 unspecified atom stereocenters. The molecule has 3 aromatic rings. The van der Waals surface area contributed by atoms with Gasteiger partial charge in [-0.15, -0.1) is 11.3 Å². The monoisotopic (exact) mass is 338 g/mol. The fourth-order valence-electron chi connectivity index (χ4n) is 2.86. The van der Waals surface area contributed by atoms with Crippen LogP contribution in [0.3, 0.4) is 0 Å². The van der Waals surface area contributed by atoms with Crippen molar-refractivity contribution in [2.45, 2.75) is 18.3 Å². The standard InChI is InChI=1S/C19H15FN2OS/c20-15-8-4-5-13(11-15)16-12-24-18(21-16)22-17(23)19(9-10-19)14-6-2-1-3-7-14/h1-8,11-12H,9-10H2,(H,21,22,23). The first kappa shape index (κ1) is 15.0. The highest BCUT2D eigenvalue weighted by Gasteiger charge is 2.51. The smallest absolute Gasteiger partial charge is 0.236 e. The van der Waals surface area contributed by atoms with Gasteiger partial charge in [-0.05, 0) is 30.5 Å². The lowest BCUT2D eigenvalue weighted by molar-refractivity contribution is -0.118. The highest BCUT2D eigenvalue weighted by molar-refractivity contribution is 7.14. The number of thiazole rings is 1. The molecule has 1 aliphatic carbocycles. The van der Waals surface area contributed by atoms with Crippen molar-refractivity contribution in [3.05, 3.63) is 71.4 Å². The van der Waals surface area contributed by atoms with Crippen LogP contribution < -0.4 is 5.32 Å². The number of aromatic nitrogens is 1. The minimum Gasteiger partial charge on any atom is -0.301 e. The number of rotatable bonds is 4. The molecule has 3 nitrogen and oxygen atoms in total. The third-order valence-electron chi connectivity index (χ3n) is 4.36. The number of halogens is 1. The molecular formula is C19H15FN2OS. The van der Waals surface area contributed by atoms with Gasteiger partial charge in [0.25, 0.3) is 0 Å². The van der Waals surface area contributed by atoms with E-state index in [-0.39, 0.29) is 11.7 Å². The van der Waals surface area contributed by atoms with Crippen molar-refractivity contribution in [3.63, 3.8) is 0 Å². The average molecular weight is 338 g/mol. The van der Waals surface area contributed by atoms with Crippen LogP contribution in [-0.4, -0.2) is 10.9 Å². The van der Waals surface area contributed by atoms with Gasteiger partial charge in [-0.25, -0.2) is 9.37 Å². The summed E-state index contributed by atoms with van der Waals surface area (Å²) in [6, 6.07) is 16.1. The lowest BCUT2D eigenvalue weighted by Crippen LogP contribution is -2.27. The lowest BCUT2D eigenvalue weighted by Gasteiger charge is -2.14. The zero-order valence-corrected chi connectivity index (χ0v) is 13.6. The maximum Gasteiger partial charge on any atom is 0.236 e. The number of amides is 1. The Hall–Kier alpha value is -2.53. The van der Waals surface area contributed by atoms with Crippen molar-refractivity contribution < 1.29 is 9.18 Å². The van der Waals surface area contributed by atoms with Gasteiger partial charge in [0, 0.05) is 10.9 Å².